The Kier molecular flexibility index (Phi) is 7.09. The van der Waals surface area contributed by atoms with E-state index in [1.54, 1.807) is 42.5 Å². The normalized spacial score (nSPS) is 13.5. The number of rotatable bonds is 8. The summed E-state index contributed by atoms with van der Waals surface area (Å²) in [6.07, 6.45) is -0.537. The van der Waals surface area contributed by atoms with Gasteiger partial charge in [0.15, 0.2) is 23.5 Å². The molecule has 3 aromatic rings. The monoisotopic (exact) mass is 468 g/mol. The van der Waals surface area contributed by atoms with Crippen molar-refractivity contribution in [1.82, 2.24) is 9.78 Å². The average molecular weight is 468 g/mol. The Hall–Kier alpha value is -3.89. The zero-order valence-electron chi connectivity index (χ0n) is 19.0. The smallest absolute Gasteiger partial charge is 0.357 e. The summed E-state index contributed by atoms with van der Waals surface area (Å²) in [5.74, 6) is -0.793. The number of ether oxygens (including phenoxy) is 6. The standard InChI is InChI=1S/C24H24N2O8/c1-29-17-11-7-10-16(22(17)34-14-18-32-12-13-33-18)20-19(23(27)30-2)21(24(28)31-3)26(25-20)15-8-5-4-6-9-15/h4-11,18H,12-14H2,1-3H3. The summed E-state index contributed by atoms with van der Waals surface area (Å²) in [6.45, 7) is 1.04. The van der Waals surface area contributed by atoms with Gasteiger partial charge in [-0.2, -0.15) is 5.10 Å². The maximum atomic E-state index is 12.9. The summed E-state index contributed by atoms with van der Waals surface area (Å²) in [5, 5.41) is 4.62. The molecule has 10 heteroatoms. The number of nitrogens with zero attached hydrogens (tertiary/aromatic N) is 2. The number of hydrogen-bond acceptors (Lipinski definition) is 9. The van der Waals surface area contributed by atoms with Gasteiger partial charge in [0, 0.05) is 5.56 Å². The molecular formula is C24H24N2O8. The lowest BCUT2D eigenvalue weighted by Gasteiger charge is -2.16. The van der Waals surface area contributed by atoms with Crippen molar-refractivity contribution in [2.24, 2.45) is 0 Å². The van der Waals surface area contributed by atoms with Gasteiger partial charge in [-0.15, -0.1) is 0 Å². The predicted octanol–water partition coefficient (Wildman–Crippen LogP) is 2.87. The number of carbonyl (C=O) groups is 2. The van der Waals surface area contributed by atoms with Gasteiger partial charge in [0.1, 0.15) is 17.9 Å². The molecule has 0 saturated carbocycles. The van der Waals surface area contributed by atoms with Gasteiger partial charge in [-0.3, -0.25) is 0 Å². The van der Waals surface area contributed by atoms with E-state index in [4.69, 9.17) is 28.4 Å². The van der Waals surface area contributed by atoms with Crippen molar-refractivity contribution in [2.45, 2.75) is 6.29 Å². The molecule has 2 heterocycles. The van der Waals surface area contributed by atoms with Crippen molar-refractivity contribution in [1.29, 1.82) is 0 Å². The van der Waals surface area contributed by atoms with Crippen LogP contribution in [0.15, 0.2) is 48.5 Å². The second kappa shape index (κ2) is 10.4. The fraction of sp³-hybridized carbons (Fsp3) is 0.292. The van der Waals surface area contributed by atoms with E-state index in [9.17, 15) is 9.59 Å². The summed E-state index contributed by atoms with van der Waals surface area (Å²) >= 11 is 0. The van der Waals surface area contributed by atoms with Crippen molar-refractivity contribution >= 4 is 11.9 Å². The van der Waals surface area contributed by atoms with E-state index >= 15 is 0 Å². The number of aromatic nitrogens is 2. The minimum Gasteiger partial charge on any atom is -0.493 e. The molecule has 1 aliphatic heterocycles. The average Bonchev–Trinajstić information content (AvgIpc) is 3.55. The third-order valence-electron chi connectivity index (χ3n) is 5.16. The van der Waals surface area contributed by atoms with Gasteiger partial charge in [-0.1, -0.05) is 24.3 Å². The van der Waals surface area contributed by atoms with Crippen molar-refractivity contribution < 1.29 is 38.0 Å². The molecule has 10 nitrogen and oxygen atoms in total. The Morgan fingerprint density at radius 1 is 0.971 bits per heavy atom. The SMILES string of the molecule is COC(=O)c1c(-c2cccc(OC)c2OCC2OCCO2)nn(-c2ccccc2)c1C(=O)OC. The van der Waals surface area contributed by atoms with E-state index in [-0.39, 0.29) is 23.6 Å². The highest BCUT2D eigenvalue weighted by Crippen LogP contribution is 2.40. The van der Waals surface area contributed by atoms with Crippen LogP contribution in [0.3, 0.4) is 0 Å². The van der Waals surface area contributed by atoms with Gasteiger partial charge in [0.2, 0.25) is 0 Å². The molecule has 0 N–H and O–H groups in total. The molecule has 2 aromatic carbocycles. The molecule has 178 valence electrons. The maximum absolute atomic E-state index is 12.9. The van der Waals surface area contributed by atoms with Crippen LogP contribution in [0.5, 0.6) is 11.5 Å². The Labute approximate surface area is 195 Å². The number of hydrogen-bond donors (Lipinski definition) is 0. The van der Waals surface area contributed by atoms with Crippen LogP contribution in [0.2, 0.25) is 0 Å². The van der Waals surface area contributed by atoms with Crippen LogP contribution in [-0.2, 0) is 18.9 Å². The first-order valence-corrected chi connectivity index (χ1v) is 10.5. The van der Waals surface area contributed by atoms with Gasteiger partial charge in [0.25, 0.3) is 0 Å². The fourth-order valence-electron chi connectivity index (χ4n) is 3.61. The lowest BCUT2D eigenvalue weighted by molar-refractivity contribution is -0.0686. The minimum atomic E-state index is -0.756. The first-order valence-electron chi connectivity index (χ1n) is 10.5. The quantitative estimate of drug-likeness (QED) is 0.461. The molecular weight excluding hydrogens is 444 g/mol. The molecule has 0 spiro atoms. The third kappa shape index (κ3) is 4.45. The van der Waals surface area contributed by atoms with Gasteiger partial charge < -0.3 is 28.4 Å². The van der Waals surface area contributed by atoms with E-state index < -0.39 is 18.2 Å². The lowest BCUT2D eigenvalue weighted by atomic mass is 10.0. The Bertz CT molecular complexity index is 1170. The minimum absolute atomic E-state index is 0.0651. The predicted molar refractivity (Wildman–Crippen MR) is 119 cm³/mol. The second-order valence-corrected chi connectivity index (χ2v) is 7.12. The van der Waals surface area contributed by atoms with E-state index in [1.165, 1.54) is 26.0 Å². The van der Waals surface area contributed by atoms with E-state index in [0.29, 0.717) is 36.0 Å². The number of benzene rings is 2. The largest absolute Gasteiger partial charge is 0.493 e. The second-order valence-electron chi connectivity index (χ2n) is 7.12. The molecule has 0 unspecified atom stereocenters. The zero-order chi connectivity index (χ0) is 24.1. The number of methoxy groups -OCH3 is 3. The Morgan fingerprint density at radius 2 is 1.68 bits per heavy atom. The van der Waals surface area contributed by atoms with Crippen LogP contribution in [0.25, 0.3) is 16.9 Å². The molecule has 1 fully saturated rings. The Morgan fingerprint density at radius 3 is 2.32 bits per heavy atom. The number of esters is 2. The van der Waals surface area contributed by atoms with Gasteiger partial charge in [-0.05, 0) is 24.3 Å². The molecule has 0 amide bonds. The molecule has 1 saturated heterocycles. The molecule has 0 atom stereocenters. The molecule has 0 bridgehead atoms. The first kappa shape index (κ1) is 23.3. The Balaban J connectivity index is 1.92. The van der Waals surface area contributed by atoms with Crippen molar-refractivity contribution in [3.8, 4) is 28.4 Å². The van der Waals surface area contributed by atoms with Crippen LogP contribution in [0.1, 0.15) is 20.8 Å². The van der Waals surface area contributed by atoms with E-state index in [0.717, 1.165) is 0 Å². The van der Waals surface area contributed by atoms with Gasteiger partial charge >= 0.3 is 11.9 Å². The van der Waals surface area contributed by atoms with Crippen molar-refractivity contribution in [3.63, 3.8) is 0 Å². The van der Waals surface area contributed by atoms with E-state index in [1.807, 2.05) is 6.07 Å². The summed E-state index contributed by atoms with van der Waals surface area (Å²) in [7, 11) is 3.95. The van der Waals surface area contributed by atoms with Crippen LogP contribution in [-0.4, -0.2) is 69.2 Å². The third-order valence-corrected chi connectivity index (χ3v) is 5.16. The van der Waals surface area contributed by atoms with Gasteiger partial charge in [-0.25, -0.2) is 14.3 Å². The number of carbonyl (C=O) groups excluding carboxylic acids is 2. The van der Waals surface area contributed by atoms with Crippen LogP contribution in [0, 0.1) is 0 Å². The highest BCUT2D eigenvalue weighted by molar-refractivity contribution is 6.07. The van der Waals surface area contributed by atoms with Crippen LogP contribution in [0.4, 0.5) is 0 Å². The maximum Gasteiger partial charge on any atom is 0.357 e. The van der Waals surface area contributed by atoms with E-state index in [2.05, 4.69) is 5.10 Å². The van der Waals surface area contributed by atoms with Crippen LogP contribution < -0.4 is 9.47 Å². The highest BCUT2D eigenvalue weighted by Gasteiger charge is 2.33. The summed E-state index contributed by atoms with van der Waals surface area (Å²) in [4.78, 5) is 25.8. The van der Waals surface area contributed by atoms with Gasteiger partial charge in [0.05, 0.1) is 40.2 Å². The lowest BCUT2D eigenvalue weighted by Crippen LogP contribution is -2.19. The van der Waals surface area contributed by atoms with Crippen molar-refractivity contribution in [3.05, 3.63) is 59.8 Å². The molecule has 1 aliphatic rings. The fourth-order valence-corrected chi connectivity index (χ4v) is 3.61. The summed E-state index contributed by atoms with van der Waals surface area (Å²) in [5.41, 5.74) is 0.990. The van der Waals surface area contributed by atoms with Crippen LogP contribution >= 0.6 is 0 Å². The molecule has 34 heavy (non-hydrogen) atoms. The summed E-state index contributed by atoms with van der Waals surface area (Å²) < 4.78 is 33.8. The molecule has 0 aliphatic carbocycles. The molecule has 4 rings (SSSR count). The topological polar surface area (TPSA) is 107 Å². The molecule has 1 aromatic heterocycles. The summed E-state index contributed by atoms with van der Waals surface area (Å²) in [6, 6.07) is 14.1. The molecule has 0 radical (unpaired) electrons. The first-order chi connectivity index (χ1) is 16.6. The van der Waals surface area contributed by atoms with Crippen molar-refractivity contribution in [2.75, 3.05) is 41.2 Å². The highest BCUT2D eigenvalue weighted by atomic mass is 16.7. The number of para-hydroxylation sites is 2. The zero-order valence-corrected chi connectivity index (χ0v) is 19.0.